The van der Waals surface area contributed by atoms with Gasteiger partial charge in [-0.15, -0.1) is 0 Å². The number of hydrogen-bond acceptors (Lipinski definition) is 3. The van der Waals surface area contributed by atoms with Gasteiger partial charge in [-0.05, 0) is 54.1 Å². The minimum atomic E-state index is -0.287. The number of nitrogens with one attached hydrogen (secondary N) is 1. The van der Waals surface area contributed by atoms with Crippen molar-refractivity contribution in [2.24, 2.45) is 0 Å². The number of methoxy groups -OCH3 is 1. The predicted octanol–water partition coefficient (Wildman–Crippen LogP) is 5.88. The van der Waals surface area contributed by atoms with E-state index >= 15 is 0 Å². The molecule has 5 rings (SSSR count). The second-order valence-electron chi connectivity index (χ2n) is 7.88. The zero-order valence-electron chi connectivity index (χ0n) is 17.4. The molecule has 2 aromatic carbocycles. The van der Waals surface area contributed by atoms with Crippen molar-refractivity contribution < 1.29 is 9.13 Å². The van der Waals surface area contributed by atoms with Crippen LogP contribution in [0.15, 0.2) is 79.1 Å². The van der Waals surface area contributed by atoms with E-state index in [1.807, 2.05) is 12.1 Å². The first-order chi connectivity index (χ1) is 15.2. The lowest BCUT2D eigenvalue weighted by atomic mass is 9.97. The van der Waals surface area contributed by atoms with Crippen molar-refractivity contribution in [2.75, 3.05) is 13.7 Å². The topological polar surface area (TPSA) is 41.1 Å². The van der Waals surface area contributed by atoms with E-state index in [4.69, 9.17) is 4.74 Å². The molecule has 0 saturated carbocycles. The van der Waals surface area contributed by atoms with E-state index < -0.39 is 0 Å². The molecule has 4 aromatic rings. The average Bonchev–Trinajstić information content (AvgIpc) is 3.25. The monoisotopic (exact) mass is 413 g/mol. The molecule has 1 unspecified atom stereocenters. The molecule has 0 radical (unpaired) electrons. The summed E-state index contributed by atoms with van der Waals surface area (Å²) in [5, 5.41) is 0.974. The molecule has 0 saturated heterocycles. The van der Waals surface area contributed by atoms with Gasteiger partial charge in [0.05, 0.1) is 7.11 Å². The lowest BCUT2D eigenvalue weighted by Gasteiger charge is -2.27. The number of nitrogens with zero attached hydrogens (tertiary/aromatic N) is 2. The van der Waals surface area contributed by atoms with Gasteiger partial charge in [0, 0.05) is 41.8 Å². The van der Waals surface area contributed by atoms with Crippen LogP contribution in [0.3, 0.4) is 0 Å². The number of rotatable bonds is 5. The molecule has 4 nitrogen and oxygen atoms in total. The van der Waals surface area contributed by atoms with Crippen molar-refractivity contribution in [1.82, 2.24) is 14.9 Å². The van der Waals surface area contributed by atoms with E-state index in [-0.39, 0.29) is 5.82 Å². The van der Waals surface area contributed by atoms with Crippen molar-refractivity contribution in [2.45, 2.75) is 18.9 Å². The zero-order chi connectivity index (χ0) is 21.2. The molecule has 156 valence electrons. The Kier molecular flexibility index (Phi) is 5.16. The van der Waals surface area contributed by atoms with Gasteiger partial charge in [0.15, 0.2) is 0 Å². The highest BCUT2D eigenvalue weighted by Crippen LogP contribution is 2.37. The molecule has 0 aliphatic carbocycles. The van der Waals surface area contributed by atoms with Gasteiger partial charge in [-0.2, -0.15) is 0 Å². The van der Waals surface area contributed by atoms with Gasteiger partial charge in [-0.3, -0.25) is 0 Å². The summed E-state index contributed by atoms with van der Waals surface area (Å²) in [6, 6.07) is 19.2. The van der Waals surface area contributed by atoms with Crippen LogP contribution in [0.4, 0.5) is 4.39 Å². The maximum Gasteiger partial charge on any atom is 0.138 e. The summed E-state index contributed by atoms with van der Waals surface area (Å²) in [5.41, 5.74) is 4.89. The quantitative estimate of drug-likeness (QED) is 0.444. The molecule has 0 spiro atoms. The van der Waals surface area contributed by atoms with E-state index in [2.05, 4.69) is 57.5 Å². The number of ether oxygens (including phenoxy) is 1. The normalized spacial score (nSPS) is 16.1. The van der Waals surface area contributed by atoms with E-state index in [9.17, 15) is 4.39 Å². The Labute approximate surface area is 181 Å². The summed E-state index contributed by atoms with van der Waals surface area (Å²) in [6.07, 6.45) is 7.21. The van der Waals surface area contributed by atoms with E-state index in [0.717, 1.165) is 47.4 Å². The number of aromatic amines is 1. The number of benzene rings is 2. The Bertz CT molecular complexity index is 1230. The van der Waals surface area contributed by atoms with Crippen molar-refractivity contribution in [3.63, 3.8) is 0 Å². The first kappa shape index (κ1) is 19.4. The lowest BCUT2D eigenvalue weighted by Crippen LogP contribution is -2.23. The second-order valence-corrected chi connectivity index (χ2v) is 7.88. The first-order valence-corrected chi connectivity index (χ1v) is 10.5. The van der Waals surface area contributed by atoms with Crippen LogP contribution in [0.25, 0.3) is 22.2 Å². The number of allylic oxidation sites excluding steroid dienone is 1. The first-order valence-electron chi connectivity index (χ1n) is 10.5. The SMILES string of the molecule is COc1ccc(F)cc1-c1ccnc2[nH]c(C3C=CN(Cc4ccccc4)CC3)cc12. The smallest absolute Gasteiger partial charge is 0.138 e. The molecule has 1 aliphatic heterocycles. The molecule has 3 heterocycles. The highest BCUT2D eigenvalue weighted by atomic mass is 19.1. The van der Waals surface area contributed by atoms with E-state index in [1.165, 1.54) is 17.7 Å². The fourth-order valence-corrected chi connectivity index (χ4v) is 4.28. The minimum Gasteiger partial charge on any atom is -0.496 e. The van der Waals surface area contributed by atoms with Gasteiger partial charge >= 0.3 is 0 Å². The van der Waals surface area contributed by atoms with E-state index in [1.54, 1.807) is 19.4 Å². The number of H-pyrrole nitrogens is 1. The Balaban J connectivity index is 1.43. The molecule has 0 amide bonds. The van der Waals surface area contributed by atoms with E-state index in [0.29, 0.717) is 11.7 Å². The van der Waals surface area contributed by atoms with Gasteiger partial charge in [-0.25, -0.2) is 9.37 Å². The highest BCUT2D eigenvalue weighted by Gasteiger charge is 2.19. The summed E-state index contributed by atoms with van der Waals surface area (Å²) >= 11 is 0. The Morgan fingerprint density at radius 2 is 1.97 bits per heavy atom. The molecular formula is C26H24FN3O. The van der Waals surface area contributed by atoms with Gasteiger partial charge in [-0.1, -0.05) is 36.4 Å². The summed E-state index contributed by atoms with van der Waals surface area (Å²) in [6.45, 7) is 1.91. The van der Waals surface area contributed by atoms with Crippen molar-refractivity contribution in [1.29, 1.82) is 0 Å². The van der Waals surface area contributed by atoms with Crippen LogP contribution in [0.1, 0.15) is 23.6 Å². The average molecular weight is 413 g/mol. The van der Waals surface area contributed by atoms with Crippen LogP contribution in [-0.4, -0.2) is 28.5 Å². The maximum atomic E-state index is 14.0. The van der Waals surface area contributed by atoms with Crippen LogP contribution in [-0.2, 0) is 6.54 Å². The number of pyridine rings is 1. The Morgan fingerprint density at radius 1 is 1.10 bits per heavy atom. The zero-order valence-corrected chi connectivity index (χ0v) is 17.4. The van der Waals surface area contributed by atoms with Crippen LogP contribution < -0.4 is 4.74 Å². The predicted molar refractivity (Wildman–Crippen MR) is 121 cm³/mol. The van der Waals surface area contributed by atoms with Gasteiger partial charge < -0.3 is 14.6 Å². The fraction of sp³-hybridized carbons (Fsp3) is 0.192. The van der Waals surface area contributed by atoms with Crippen molar-refractivity contribution in [3.05, 3.63) is 96.2 Å². The number of halogens is 1. The maximum absolute atomic E-state index is 14.0. The number of aromatic nitrogens is 2. The van der Waals surface area contributed by atoms with Crippen LogP contribution >= 0.6 is 0 Å². The van der Waals surface area contributed by atoms with Crippen LogP contribution in [0.2, 0.25) is 0 Å². The number of fused-ring (bicyclic) bond motifs is 1. The lowest BCUT2D eigenvalue weighted by molar-refractivity contribution is 0.336. The molecule has 0 fully saturated rings. The summed E-state index contributed by atoms with van der Waals surface area (Å²) in [7, 11) is 1.60. The highest BCUT2D eigenvalue weighted by molar-refractivity contribution is 5.95. The minimum absolute atomic E-state index is 0.287. The largest absolute Gasteiger partial charge is 0.496 e. The van der Waals surface area contributed by atoms with Crippen LogP contribution in [0, 0.1) is 5.82 Å². The third-order valence-electron chi connectivity index (χ3n) is 5.89. The molecular weight excluding hydrogens is 389 g/mol. The molecule has 5 heteroatoms. The molecule has 1 atom stereocenters. The summed E-state index contributed by atoms with van der Waals surface area (Å²) in [5.74, 6) is 0.652. The molecule has 0 bridgehead atoms. The summed E-state index contributed by atoms with van der Waals surface area (Å²) < 4.78 is 19.4. The molecule has 1 aliphatic rings. The Morgan fingerprint density at radius 3 is 2.74 bits per heavy atom. The standard InChI is InChI=1S/C26H24FN3O/c1-31-25-8-7-20(27)15-22(25)21-9-12-28-26-23(21)16-24(29-26)19-10-13-30(14-11-19)17-18-5-3-2-4-6-18/h2-10,12-13,15-16,19H,11,14,17H2,1H3,(H,28,29). The fourth-order valence-electron chi connectivity index (χ4n) is 4.28. The van der Waals surface area contributed by atoms with Crippen molar-refractivity contribution in [3.8, 4) is 16.9 Å². The Hall–Kier alpha value is -3.60. The van der Waals surface area contributed by atoms with Crippen molar-refractivity contribution >= 4 is 11.0 Å². The second kappa shape index (κ2) is 8.26. The van der Waals surface area contributed by atoms with Gasteiger partial charge in [0.25, 0.3) is 0 Å². The third kappa shape index (κ3) is 3.91. The number of hydrogen-bond donors (Lipinski definition) is 1. The molecule has 1 N–H and O–H groups in total. The van der Waals surface area contributed by atoms with Crippen LogP contribution in [0.5, 0.6) is 5.75 Å². The van der Waals surface area contributed by atoms with Gasteiger partial charge in [0.2, 0.25) is 0 Å². The molecule has 31 heavy (non-hydrogen) atoms. The van der Waals surface area contributed by atoms with Gasteiger partial charge in [0.1, 0.15) is 17.2 Å². The molecule has 2 aromatic heterocycles. The third-order valence-corrected chi connectivity index (χ3v) is 5.89. The summed E-state index contributed by atoms with van der Waals surface area (Å²) in [4.78, 5) is 10.3.